The molecule has 6 nitrogen and oxygen atoms in total. The van der Waals surface area contributed by atoms with E-state index >= 15 is 0 Å². The zero-order valence-corrected chi connectivity index (χ0v) is 17.9. The van der Waals surface area contributed by atoms with Gasteiger partial charge in [0, 0.05) is 49.6 Å². The van der Waals surface area contributed by atoms with Gasteiger partial charge in [0.2, 0.25) is 0 Å². The number of amides is 2. The van der Waals surface area contributed by atoms with Crippen LogP contribution in [0.2, 0.25) is 0 Å². The SMILES string of the molecule is O=C(NC1CCCN(c2cccc(F)c2)C1)C(=O)NC1CCCN(c2cccc(F)c2)C1. The van der Waals surface area contributed by atoms with Gasteiger partial charge in [-0.25, -0.2) is 8.78 Å². The lowest BCUT2D eigenvalue weighted by Gasteiger charge is -2.35. The molecule has 8 heteroatoms. The van der Waals surface area contributed by atoms with Gasteiger partial charge >= 0.3 is 11.8 Å². The largest absolute Gasteiger partial charge is 0.369 e. The molecule has 170 valence electrons. The molecule has 2 saturated heterocycles. The average Bonchev–Trinajstić information content (AvgIpc) is 2.79. The van der Waals surface area contributed by atoms with Gasteiger partial charge in [0.15, 0.2) is 0 Å². The molecular formula is C24H28F2N4O2. The van der Waals surface area contributed by atoms with Crippen LogP contribution >= 0.6 is 0 Å². The fraction of sp³-hybridized carbons (Fsp3) is 0.417. The zero-order chi connectivity index (χ0) is 22.5. The minimum absolute atomic E-state index is 0.180. The molecule has 2 aliphatic rings. The molecule has 2 aliphatic heterocycles. The number of carbonyl (C=O) groups excluding carboxylic acids is 2. The first-order chi connectivity index (χ1) is 15.5. The van der Waals surface area contributed by atoms with Crippen molar-refractivity contribution in [3.8, 4) is 0 Å². The van der Waals surface area contributed by atoms with Crippen LogP contribution in [0.1, 0.15) is 25.7 Å². The lowest BCUT2D eigenvalue weighted by Crippen LogP contribution is -2.55. The number of nitrogens with zero attached hydrogens (tertiary/aromatic N) is 2. The fourth-order valence-electron chi connectivity index (χ4n) is 4.51. The second-order valence-electron chi connectivity index (χ2n) is 8.48. The van der Waals surface area contributed by atoms with Crippen molar-refractivity contribution < 1.29 is 18.4 Å². The molecule has 2 N–H and O–H groups in total. The van der Waals surface area contributed by atoms with Crippen LogP contribution in [0.5, 0.6) is 0 Å². The van der Waals surface area contributed by atoms with Gasteiger partial charge in [0.1, 0.15) is 11.6 Å². The van der Waals surface area contributed by atoms with Gasteiger partial charge in [-0.15, -0.1) is 0 Å². The quantitative estimate of drug-likeness (QED) is 0.715. The third-order valence-electron chi connectivity index (χ3n) is 6.07. The Morgan fingerprint density at radius 3 is 1.59 bits per heavy atom. The van der Waals surface area contributed by atoms with Crippen molar-refractivity contribution in [3.63, 3.8) is 0 Å². The number of halogens is 2. The summed E-state index contributed by atoms with van der Waals surface area (Å²) in [6.07, 6.45) is 3.21. The summed E-state index contributed by atoms with van der Waals surface area (Å²) in [6, 6.07) is 12.4. The van der Waals surface area contributed by atoms with Crippen LogP contribution in [-0.4, -0.2) is 50.1 Å². The van der Waals surface area contributed by atoms with Crippen molar-refractivity contribution in [1.29, 1.82) is 0 Å². The monoisotopic (exact) mass is 442 g/mol. The molecule has 2 atom stereocenters. The Balaban J connectivity index is 1.29. The normalized spacial score (nSPS) is 21.2. The van der Waals surface area contributed by atoms with Gasteiger partial charge in [-0.2, -0.15) is 0 Å². The van der Waals surface area contributed by atoms with Crippen molar-refractivity contribution in [2.45, 2.75) is 37.8 Å². The summed E-state index contributed by atoms with van der Waals surface area (Å²) in [5, 5.41) is 5.65. The first-order valence-corrected chi connectivity index (χ1v) is 11.1. The van der Waals surface area contributed by atoms with Crippen LogP contribution in [0.15, 0.2) is 48.5 Å². The fourth-order valence-corrected chi connectivity index (χ4v) is 4.51. The predicted molar refractivity (Wildman–Crippen MR) is 120 cm³/mol. The van der Waals surface area contributed by atoms with Crippen LogP contribution in [0.3, 0.4) is 0 Å². The molecule has 4 rings (SSSR count). The van der Waals surface area contributed by atoms with Crippen molar-refractivity contribution in [2.75, 3.05) is 36.0 Å². The molecule has 2 unspecified atom stereocenters. The van der Waals surface area contributed by atoms with E-state index in [2.05, 4.69) is 10.6 Å². The topological polar surface area (TPSA) is 64.7 Å². The summed E-state index contributed by atoms with van der Waals surface area (Å²) in [7, 11) is 0. The van der Waals surface area contributed by atoms with E-state index in [-0.39, 0.29) is 23.7 Å². The Hall–Kier alpha value is -3.16. The van der Waals surface area contributed by atoms with Crippen molar-refractivity contribution in [1.82, 2.24) is 10.6 Å². The second-order valence-corrected chi connectivity index (χ2v) is 8.48. The van der Waals surface area contributed by atoms with Crippen LogP contribution in [-0.2, 0) is 9.59 Å². The molecule has 0 saturated carbocycles. The maximum Gasteiger partial charge on any atom is 0.309 e. The number of nitrogens with one attached hydrogen (secondary N) is 2. The Labute approximate surface area is 186 Å². The van der Waals surface area contributed by atoms with Crippen molar-refractivity contribution in [2.24, 2.45) is 0 Å². The number of rotatable bonds is 4. The first-order valence-electron chi connectivity index (χ1n) is 11.1. The Morgan fingerprint density at radius 1 is 0.750 bits per heavy atom. The molecule has 0 spiro atoms. The molecule has 2 aromatic carbocycles. The average molecular weight is 443 g/mol. The number of hydrogen-bond acceptors (Lipinski definition) is 4. The minimum Gasteiger partial charge on any atom is -0.369 e. The standard InChI is InChI=1S/C24H28F2N4O2/c25-17-5-1-9-21(13-17)29-11-3-7-19(15-29)27-23(31)24(32)28-20-8-4-12-30(16-20)22-10-2-6-18(26)14-22/h1-2,5-6,9-10,13-14,19-20H,3-4,7-8,11-12,15-16H2,(H,27,31)(H,28,32). The Kier molecular flexibility index (Phi) is 6.87. The second kappa shape index (κ2) is 9.97. The van der Waals surface area contributed by atoms with Gasteiger partial charge < -0.3 is 20.4 Å². The van der Waals surface area contributed by atoms with Crippen molar-refractivity contribution in [3.05, 3.63) is 60.2 Å². The third-order valence-corrected chi connectivity index (χ3v) is 6.07. The minimum atomic E-state index is -0.654. The number of anilines is 2. The summed E-state index contributed by atoms with van der Waals surface area (Å²) in [5.74, 6) is -1.90. The van der Waals surface area contributed by atoms with Gasteiger partial charge in [-0.05, 0) is 62.1 Å². The number of hydrogen-bond donors (Lipinski definition) is 2. The molecule has 2 amide bonds. The van der Waals surface area contributed by atoms with Gasteiger partial charge in [0.25, 0.3) is 0 Å². The molecule has 0 bridgehead atoms. The van der Waals surface area contributed by atoms with Crippen LogP contribution in [0.25, 0.3) is 0 Å². The third kappa shape index (κ3) is 5.55. The summed E-state index contributed by atoms with van der Waals surface area (Å²) in [5.41, 5.74) is 1.54. The summed E-state index contributed by atoms with van der Waals surface area (Å²) in [6.45, 7) is 2.61. The van der Waals surface area contributed by atoms with E-state index in [1.807, 2.05) is 21.9 Å². The van der Waals surface area contributed by atoms with E-state index in [1.54, 1.807) is 12.1 Å². The van der Waals surface area contributed by atoms with Gasteiger partial charge in [0.05, 0.1) is 0 Å². The smallest absolute Gasteiger partial charge is 0.309 e. The molecule has 2 heterocycles. The van der Waals surface area contributed by atoms with Crippen LogP contribution in [0.4, 0.5) is 20.2 Å². The summed E-state index contributed by atoms with van der Waals surface area (Å²) in [4.78, 5) is 29.1. The molecule has 2 aromatic rings. The molecule has 2 fully saturated rings. The number of benzene rings is 2. The van der Waals surface area contributed by atoms with E-state index in [4.69, 9.17) is 0 Å². The maximum absolute atomic E-state index is 13.5. The lowest BCUT2D eigenvalue weighted by molar-refractivity contribution is -0.140. The molecule has 32 heavy (non-hydrogen) atoms. The van der Waals surface area contributed by atoms with E-state index in [0.29, 0.717) is 13.1 Å². The van der Waals surface area contributed by atoms with E-state index in [9.17, 15) is 18.4 Å². The highest BCUT2D eigenvalue weighted by atomic mass is 19.1. The molecule has 0 aliphatic carbocycles. The highest BCUT2D eigenvalue weighted by Crippen LogP contribution is 2.22. The number of carbonyl (C=O) groups is 2. The van der Waals surface area contributed by atoms with E-state index < -0.39 is 11.8 Å². The molecule has 0 aromatic heterocycles. The van der Waals surface area contributed by atoms with Gasteiger partial charge in [-0.3, -0.25) is 9.59 Å². The molecule has 0 radical (unpaired) electrons. The van der Waals surface area contributed by atoms with E-state index in [1.165, 1.54) is 24.3 Å². The number of piperidine rings is 2. The predicted octanol–water partition coefficient (Wildman–Crippen LogP) is 2.84. The molecular weight excluding hydrogens is 414 g/mol. The first kappa shape index (κ1) is 22.0. The van der Waals surface area contributed by atoms with E-state index in [0.717, 1.165) is 50.1 Å². The summed E-state index contributed by atoms with van der Waals surface area (Å²) >= 11 is 0. The lowest BCUT2D eigenvalue weighted by atomic mass is 10.0. The van der Waals surface area contributed by atoms with Crippen LogP contribution in [0, 0.1) is 11.6 Å². The highest BCUT2D eigenvalue weighted by molar-refractivity contribution is 6.35. The maximum atomic E-state index is 13.5. The Bertz CT molecular complexity index is 893. The zero-order valence-electron chi connectivity index (χ0n) is 17.9. The van der Waals surface area contributed by atoms with Crippen molar-refractivity contribution >= 4 is 23.2 Å². The van der Waals surface area contributed by atoms with Gasteiger partial charge in [-0.1, -0.05) is 12.1 Å². The van der Waals surface area contributed by atoms with Crippen LogP contribution < -0.4 is 20.4 Å². The summed E-state index contributed by atoms with van der Waals surface area (Å²) < 4.78 is 27.1. The Morgan fingerprint density at radius 2 is 1.19 bits per heavy atom. The highest BCUT2D eigenvalue weighted by Gasteiger charge is 2.27.